The zero-order valence-corrected chi connectivity index (χ0v) is 21.9. The number of aromatic nitrogens is 4. The molecule has 2 N–H and O–H groups in total. The molecule has 0 aliphatic carbocycles. The van der Waals surface area contributed by atoms with E-state index in [0.717, 1.165) is 30.7 Å². The normalized spacial score (nSPS) is 21.8. The van der Waals surface area contributed by atoms with Gasteiger partial charge in [0, 0.05) is 60.3 Å². The third-order valence-corrected chi connectivity index (χ3v) is 8.51. The molecule has 1 aromatic carbocycles. The Morgan fingerprint density at radius 1 is 1.10 bits per heavy atom. The van der Waals surface area contributed by atoms with E-state index in [0.29, 0.717) is 52.9 Å². The van der Waals surface area contributed by atoms with Gasteiger partial charge in [0.05, 0.1) is 19.6 Å². The van der Waals surface area contributed by atoms with Gasteiger partial charge in [-0.25, -0.2) is 14.4 Å². The first-order valence-corrected chi connectivity index (χ1v) is 13.7. The summed E-state index contributed by atoms with van der Waals surface area (Å²) < 4.78 is 21.8. The number of hydrogen-bond donors (Lipinski definition) is 1. The second kappa shape index (κ2) is 9.48. The fourth-order valence-electron chi connectivity index (χ4n) is 6.24. The van der Waals surface area contributed by atoms with Gasteiger partial charge in [-0.1, -0.05) is 24.3 Å². The lowest BCUT2D eigenvalue weighted by molar-refractivity contribution is -0.135. The number of Topliss-reactive ketones (excluding diaryl/α,β-unsaturated/α-hetero) is 1. The number of amides is 1. The van der Waals surface area contributed by atoms with Gasteiger partial charge in [0.15, 0.2) is 11.5 Å². The molecule has 4 aromatic rings. The number of imidazole rings is 1. The second-order valence-electron chi connectivity index (χ2n) is 11.0. The van der Waals surface area contributed by atoms with Crippen molar-refractivity contribution in [3.63, 3.8) is 0 Å². The van der Waals surface area contributed by atoms with Crippen molar-refractivity contribution in [3.05, 3.63) is 77.6 Å². The maximum Gasteiger partial charge on any atom is 0.222 e. The molecule has 0 unspecified atom stereocenters. The summed E-state index contributed by atoms with van der Waals surface area (Å²) in [7, 11) is 0. The molecule has 3 saturated heterocycles. The van der Waals surface area contributed by atoms with E-state index < -0.39 is 5.67 Å². The average Bonchev–Trinajstić information content (AvgIpc) is 3.53. The number of nitrogen functional groups attached to an aromatic ring is 1. The standard InChI is InChI=1S/C30H29FN6O3/c31-30(16-40-17-30)21-9-10-33-22(13-21)14-24(38)18-1-3-19(4-2-18)26-27-28(32)34-11-12-36(27)29(35-26)20-5-6-23-7-8-25(39)37(23)15-20/h1-4,9-13,20,23H,5-8,14-17H2,(H2,32,34)/t20-,23+/m1/s1. The lowest BCUT2D eigenvalue weighted by Gasteiger charge is -2.34. The number of benzene rings is 1. The summed E-state index contributed by atoms with van der Waals surface area (Å²) in [4.78, 5) is 41.1. The molecular formula is C30H29FN6O3. The number of nitrogens with zero attached hydrogens (tertiary/aromatic N) is 5. The van der Waals surface area contributed by atoms with Crippen LogP contribution < -0.4 is 5.73 Å². The molecule has 2 atom stereocenters. The summed E-state index contributed by atoms with van der Waals surface area (Å²) in [6.07, 6.45) is 8.62. The molecule has 0 saturated carbocycles. The van der Waals surface area contributed by atoms with Crippen LogP contribution in [0.5, 0.6) is 0 Å². The molecule has 1 amide bonds. The molecular weight excluding hydrogens is 511 g/mol. The number of alkyl halides is 1. The molecule has 3 aromatic heterocycles. The maximum atomic E-state index is 14.7. The van der Waals surface area contributed by atoms with Gasteiger partial charge < -0.3 is 15.4 Å². The van der Waals surface area contributed by atoms with E-state index in [9.17, 15) is 14.0 Å². The highest BCUT2D eigenvalue weighted by Crippen LogP contribution is 2.38. The molecule has 3 fully saturated rings. The summed E-state index contributed by atoms with van der Waals surface area (Å²) in [5.41, 5.74) is 8.59. The van der Waals surface area contributed by atoms with Crippen molar-refractivity contribution in [2.24, 2.45) is 0 Å². The molecule has 40 heavy (non-hydrogen) atoms. The number of ether oxygens (including phenoxy) is 1. The first-order chi connectivity index (χ1) is 19.4. The summed E-state index contributed by atoms with van der Waals surface area (Å²) in [6, 6.07) is 10.9. The third kappa shape index (κ3) is 4.14. The smallest absolute Gasteiger partial charge is 0.222 e. The SMILES string of the molecule is Nc1nccn2c([C@@H]3CC[C@H]4CCC(=O)N4C3)nc(-c3ccc(C(=O)Cc4cc(C5(F)COC5)ccn4)cc3)c12. The molecule has 3 aliphatic heterocycles. The molecule has 0 spiro atoms. The van der Waals surface area contributed by atoms with Crippen LogP contribution in [-0.2, 0) is 21.6 Å². The number of pyridine rings is 1. The molecule has 0 radical (unpaired) electrons. The number of carbonyl (C=O) groups excluding carboxylic acids is 2. The van der Waals surface area contributed by atoms with Gasteiger partial charge in [0.25, 0.3) is 0 Å². The number of halogens is 1. The molecule has 0 bridgehead atoms. The zero-order chi connectivity index (χ0) is 27.4. The molecule has 9 nitrogen and oxygen atoms in total. The van der Waals surface area contributed by atoms with Crippen molar-refractivity contribution in [1.82, 2.24) is 24.3 Å². The van der Waals surface area contributed by atoms with Crippen LogP contribution in [0.2, 0.25) is 0 Å². The topological polar surface area (TPSA) is 116 Å². The quantitative estimate of drug-likeness (QED) is 0.369. The predicted molar refractivity (Wildman–Crippen MR) is 145 cm³/mol. The van der Waals surface area contributed by atoms with Gasteiger partial charge in [-0.15, -0.1) is 0 Å². The number of rotatable bonds is 6. The summed E-state index contributed by atoms with van der Waals surface area (Å²) in [6.45, 7) is 0.700. The lowest BCUT2D eigenvalue weighted by Crippen LogP contribution is -2.42. The van der Waals surface area contributed by atoms with Gasteiger partial charge in [0.2, 0.25) is 5.91 Å². The minimum absolute atomic E-state index is 0.0218. The number of nitrogens with two attached hydrogens (primary N) is 1. The highest BCUT2D eigenvalue weighted by atomic mass is 19.1. The largest absolute Gasteiger partial charge is 0.382 e. The number of anilines is 1. The predicted octanol–water partition coefficient (Wildman–Crippen LogP) is 3.86. The Hall–Kier alpha value is -4.18. The Labute approximate surface area is 230 Å². The van der Waals surface area contributed by atoms with E-state index in [2.05, 4.69) is 9.97 Å². The second-order valence-corrected chi connectivity index (χ2v) is 11.0. The van der Waals surface area contributed by atoms with Gasteiger partial charge in [-0.3, -0.25) is 19.0 Å². The van der Waals surface area contributed by atoms with Crippen LogP contribution in [0.3, 0.4) is 0 Å². The van der Waals surface area contributed by atoms with E-state index in [1.807, 2.05) is 27.6 Å². The first-order valence-electron chi connectivity index (χ1n) is 13.7. The van der Waals surface area contributed by atoms with Crippen molar-refractivity contribution >= 4 is 23.0 Å². The number of hydrogen-bond acceptors (Lipinski definition) is 7. The fraction of sp³-hybridized carbons (Fsp3) is 0.367. The van der Waals surface area contributed by atoms with Crippen LogP contribution in [0.25, 0.3) is 16.8 Å². The lowest BCUT2D eigenvalue weighted by atomic mass is 9.92. The number of carbonyl (C=O) groups is 2. The maximum absolute atomic E-state index is 14.7. The van der Waals surface area contributed by atoms with Crippen molar-refractivity contribution < 1.29 is 18.7 Å². The molecule has 204 valence electrons. The van der Waals surface area contributed by atoms with Gasteiger partial charge in [-0.2, -0.15) is 0 Å². The Bertz CT molecular complexity index is 1630. The van der Waals surface area contributed by atoms with E-state index in [1.54, 1.807) is 30.5 Å². The average molecular weight is 541 g/mol. The Balaban J connectivity index is 1.15. The van der Waals surface area contributed by atoms with Crippen LogP contribution in [0.1, 0.15) is 59.0 Å². The molecule has 3 aliphatic rings. The van der Waals surface area contributed by atoms with Crippen molar-refractivity contribution in [1.29, 1.82) is 0 Å². The minimum Gasteiger partial charge on any atom is -0.382 e. The van der Waals surface area contributed by atoms with E-state index in [1.165, 1.54) is 6.20 Å². The first kappa shape index (κ1) is 24.8. The van der Waals surface area contributed by atoms with Crippen LogP contribution in [0.15, 0.2) is 55.0 Å². The van der Waals surface area contributed by atoms with Crippen LogP contribution >= 0.6 is 0 Å². The molecule has 6 heterocycles. The Morgan fingerprint density at radius 3 is 2.70 bits per heavy atom. The van der Waals surface area contributed by atoms with Crippen molar-refractivity contribution in [3.8, 4) is 11.3 Å². The molecule has 10 heteroatoms. The van der Waals surface area contributed by atoms with Crippen LogP contribution in [0, 0.1) is 0 Å². The summed E-state index contributed by atoms with van der Waals surface area (Å²) in [5, 5.41) is 0. The van der Waals surface area contributed by atoms with Crippen molar-refractivity contribution in [2.75, 3.05) is 25.5 Å². The Kier molecular flexibility index (Phi) is 5.88. The van der Waals surface area contributed by atoms with Crippen LogP contribution in [-0.4, -0.2) is 61.7 Å². The van der Waals surface area contributed by atoms with Gasteiger partial charge >= 0.3 is 0 Å². The van der Waals surface area contributed by atoms with E-state index in [4.69, 9.17) is 15.5 Å². The summed E-state index contributed by atoms with van der Waals surface area (Å²) >= 11 is 0. The number of ketones is 1. The molecule has 7 rings (SSSR count). The van der Waals surface area contributed by atoms with Gasteiger partial charge in [0.1, 0.15) is 22.9 Å². The number of fused-ring (bicyclic) bond motifs is 2. The summed E-state index contributed by atoms with van der Waals surface area (Å²) in [5.74, 6) is 1.44. The highest BCUT2D eigenvalue weighted by molar-refractivity contribution is 5.98. The van der Waals surface area contributed by atoms with Crippen LogP contribution in [0.4, 0.5) is 10.2 Å². The van der Waals surface area contributed by atoms with E-state index in [-0.39, 0.29) is 37.2 Å². The monoisotopic (exact) mass is 540 g/mol. The van der Waals surface area contributed by atoms with Gasteiger partial charge in [-0.05, 0) is 37.0 Å². The minimum atomic E-state index is -1.51. The third-order valence-electron chi connectivity index (χ3n) is 8.51. The number of piperidine rings is 1. The van der Waals surface area contributed by atoms with Crippen molar-refractivity contribution in [2.45, 2.75) is 49.7 Å². The van der Waals surface area contributed by atoms with E-state index >= 15 is 0 Å². The zero-order valence-electron chi connectivity index (χ0n) is 21.9. The fourth-order valence-corrected chi connectivity index (χ4v) is 6.24. The highest BCUT2D eigenvalue weighted by Gasteiger charge is 2.41. The Morgan fingerprint density at radius 2 is 1.93 bits per heavy atom.